The van der Waals surface area contributed by atoms with E-state index >= 15 is 0 Å². The van der Waals surface area contributed by atoms with Crippen LogP contribution < -0.4 is 0 Å². The number of carbonyl (C=O) groups is 2. The third-order valence-corrected chi connectivity index (χ3v) is 2.17. The van der Waals surface area contributed by atoms with E-state index in [9.17, 15) is 14.7 Å². The highest BCUT2D eigenvalue weighted by atomic mass is 16.7. The van der Waals surface area contributed by atoms with Crippen molar-refractivity contribution in [2.45, 2.75) is 25.9 Å². The minimum Gasteiger partial charge on any atom is -0.466 e. The van der Waals surface area contributed by atoms with Crippen molar-refractivity contribution in [2.75, 3.05) is 33.7 Å². The summed E-state index contributed by atoms with van der Waals surface area (Å²) in [4.78, 5) is 22.8. The first kappa shape index (κ1) is 18.6. The molecular formula is C13H22O7. The summed E-state index contributed by atoms with van der Waals surface area (Å²) in [6, 6.07) is 0. The molecule has 0 aromatic rings. The van der Waals surface area contributed by atoms with Gasteiger partial charge >= 0.3 is 11.9 Å². The molecule has 0 aliphatic heterocycles. The van der Waals surface area contributed by atoms with Crippen LogP contribution >= 0.6 is 0 Å². The van der Waals surface area contributed by atoms with Crippen molar-refractivity contribution in [3.8, 4) is 0 Å². The quantitative estimate of drug-likeness (QED) is 0.270. The summed E-state index contributed by atoms with van der Waals surface area (Å²) in [6.07, 6.45) is -0.353. The summed E-state index contributed by atoms with van der Waals surface area (Å²) in [6.45, 7) is 6.06. The zero-order valence-corrected chi connectivity index (χ0v) is 12.1. The fraction of sp³-hybridized carbons (Fsp3) is 0.692. The van der Waals surface area contributed by atoms with Crippen LogP contribution in [-0.4, -0.2) is 56.4 Å². The number of carbonyl (C=O) groups excluding carboxylic acids is 2. The lowest BCUT2D eigenvalue weighted by atomic mass is 10.0. The average molecular weight is 290 g/mol. The fourth-order valence-corrected chi connectivity index (χ4v) is 1.26. The van der Waals surface area contributed by atoms with Gasteiger partial charge in [-0.15, -0.1) is 0 Å². The van der Waals surface area contributed by atoms with Crippen molar-refractivity contribution < 1.29 is 33.6 Å². The van der Waals surface area contributed by atoms with Crippen molar-refractivity contribution >= 4 is 11.9 Å². The molecule has 0 fully saturated rings. The van der Waals surface area contributed by atoms with Gasteiger partial charge in [0.2, 0.25) is 0 Å². The first-order chi connectivity index (χ1) is 9.34. The molecule has 116 valence electrons. The van der Waals surface area contributed by atoms with Crippen LogP contribution in [0, 0.1) is 0 Å². The van der Waals surface area contributed by atoms with Gasteiger partial charge in [0.1, 0.15) is 19.0 Å². The molecule has 0 rings (SSSR count). The zero-order chi connectivity index (χ0) is 15.6. The molecule has 7 heteroatoms. The van der Waals surface area contributed by atoms with Crippen LogP contribution in [0.25, 0.3) is 0 Å². The highest BCUT2D eigenvalue weighted by molar-refractivity contribution is 5.87. The van der Waals surface area contributed by atoms with Crippen LogP contribution in [0.5, 0.6) is 0 Å². The average Bonchev–Trinajstić information content (AvgIpc) is 2.36. The molecule has 0 heterocycles. The van der Waals surface area contributed by atoms with Gasteiger partial charge in [-0.05, 0) is 13.8 Å². The van der Waals surface area contributed by atoms with Crippen LogP contribution in [-0.2, 0) is 28.5 Å². The Balaban J connectivity index is 4.55. The molecule has 0 radical (unpaired) electrons. The third kappa shape index (κ3) is 7.88. The Morgan fingerprint density at radius 2 is 1.90 bits per heavy atom. The van der Waals surface area contributed by atoms with E-state index in [1.165, 1.54) is 14.0 Å². The molecule has 0 aliphatic rings. The van der Waals surface area contributed by atoms with Crippen molar-refractivity contribution in [3.63, 3.8) is 0 Å². The molecule has 0 saturated heterocycles. The standard InChI is InChI=1S/C13H22O7/c1-5-19-11(14)6-13(16,7-18-9-17-4)8-20-12(15)10(2)3/h16H,2,5-9H2,1,3-4H3. The Hall–Kier alpha value is -1.44. The van der Waals surface area contributed by atoms with E-state index in [0.717, 1.165) is 0 Å². The van der Waals surface area contributed by atoms with Crippen LogP contribution in [0.4, 0.5) is 0 Å². The summed E-state index contributed by atoms with van der Waals surface area (Å²) >= 11 is 0. The molecule has 20 heavy (non-hydrogen) atoms. The Morgan fingerprint density at radius 3 is 2.40 bits per heavy atom. The molecule has 0 aromatic heterocycles. The van der Waals surface area contributed by atoms with Gasteiger partial charge in [-0.2, -0.15) is 0 Å². The first-order valence-corrected chi connectivity index (χ1v) is 6.12. The topological polar surface area (TPSA) is 91.3 Å². The molecule has 0 amide bonds. The van der Waals surface area contributed by atoms with E-state index in [1.54, 1.807) is 6.92 Å². The highest BCUT2D eigenvalue weighted by Crippen LogP contribution is 2.14. The van der Waals surface area contributed by atoms with Gasteiger partial charge in [0.05, 0.1) is 19.6 Å². The smallest absolute Gasteiger partial charge is 0.333 e. The van der Waals surface area contributed by atoms with Gasteiger partial charge in [-0.3, -0.25) is 4.79 Å². The number of hydrogen-bond donors (Lipinski definition) is 1. The van der Waals surface area contributed by atoms with Crippen molar-refractivity contribution in [3.05, 3.63) is 12.2 Å². The third-order valence-electron chi connectivity index (χ3n) is 2.17. The lowest BCUT2D eigenvalue weighted by Crippen LogP contribution is -2.43. The SMILES string of the molecule is C=C(C)C(=O)OCC(O)(COCOC)CC(=O)OCC. The van der Waals surface area contributed by atoms with Gasteiger partial charge in [0.25, 0.3) is 0 Å². The normalized spacial score (nSPS) is 13.4. The molecule has 0 bridgehead atoms. The van der Waals surface area contributed by atoms with Gasteiger partial charge in [0.15, 0.2) is 0 Å². The lowest BCUT2D eigenvalue weighted by Gasteiger charge is -2.26. The predicted molar refractivity (Wildman–Crippen MR) is 69.8 cm³/mol. The minimum absolute atomic E-state index is 0.0560. The van der Waals surface area contributed by atoms with Gasteiger partial charge < -0.3 is 24.1 Å². The molecule has 0 spiro atoms. The molecule has 0 saturated carbocycles. The Bertz CT molecular complexity index is 340. The molecule has 0 aromatic carbocycles. The van der Waals surface area contributed by atoms with Crippen LogP contribution in [0.15, 0.2) is 12.2 Å². The second kappa shape index (κ2) is 9.46. The lowest BCUT2D eigenvalue weighted by molar-refractivity contribution is -0.169. The second-order valence-corrected chi connectivity index (χ2v) is 4.32. The van der Waals surface area contributed by atoms with Crippen molar-refractivity contribution in [1.82, 2.24) is 0 Å². The summed E-state index contributed by atoms with van der Waals surface area (Å²) in [7, 11) is 1.42. The van der Waals surface area contributed by atoms with E-state index in [-0.39, 0.29) is 32.0 Å². The zero-order valence-electron chi connectivity index (χ0n) is 12.1. The summed E-state index contributed by atoms with van der Waals surface area (Å²) in [5.74, 6) is -1.26. The van der Waals surface area contributed by atoms with Crippen LogP contribution in [0.2, 0.25) is 0 Å². The van der Waals surface area contributed by atoms with E-state index < -0.39 is 24.1 Å². The summed E-state index contributed by atoms with van der Waals surface area (Å²) in [5, 5.41) is 10.3. The Kier molecular flexibility index (Phi) is 8.78. The maximum atomic E-state index is 11.4. The molecule has 7 nitrogen and oxygen atoms in total. The fourth-order valence-electron chi connectivity index (χ4n) is 1.26. The van der Waals surface area contributed by atoms with E-state index in [2.05, 4.69) is 11.3 Å². The number of hydrogen-bond acceptors (Lipinski definition) is 7. The Labute approximate surface area is 118 Å². The van der Waals surface area contributed by atoms with Crippen LogP contribution in [0.1, 0.15) is 20.3 Å². The van der Waals surface area contributed by atoms with E-state index in [0.29, 0.717) is 0 Å². The number of methoxy groups -OCH3 is 1. The predicted octanol–water partition coefficient (Wildman–Crippen LogP) is 0.411. The van der Waals surface area contributed by atoms with Gasteiger partial charge in [-0.1, -0.05) is 6.58 Å². The summed E-state index contributed by atoms with van der Waals surface area (Å²) < 4.78 is 19.3. The van der Waals surface area contributed by atoms with Crippen molar-refractivity contribution in [2.24, 2.45) is 0 Å². The number of aliphatic hydroxyl groups is 1. The maximum Gasteiger partial charge on any atom is 0.333 e. The Morgan fingerprint density at radius 1 is 1.25 bits per heavy atom. The minimum atomic E-state index is -1.67. The largest absolute Gasteiger partial charge is 0.466 e. The number of ether oxygens (including phenoxy) is 4. The van der Waals surface area contributed by atoms with Crippen molar-refractivity contribution in [1.29, 1.82) is 0 Å². The van der Waals surface area contributed by atoms with E-state index in [1.807, 2.05) is 0 Å². The molecule has 1 N–H and O–H groups in total. The molecule has 1 unspecified atom stereocenters. The van der Waals surface area contributed by atoms with E-state index in [4.69, 9.17) is 14.2 Å². The highest BCUT2D eigenvalue weighted by Gasteiger charge is 2.33. The number of rotatable bonds is 10. The summed E-state index contributed by atoms with van der Waals surface area (Å²) in [5.41, 5.74) is -1.48. The number of esters is 2. The van der Waals surface area contributed by atoms with Gasteiger partial charge in [0, 0.05) is 12.7 Å². The van der Waals surface area contributed by atoms with Gasteiger partial charge in [-0.25, -0.2) is 4.79 Å². The second-order valence-electron chi connectivity index (χ2n) is 4.32. The monoisotopic (exact) mass is 290 g/mol. The molecule has 0 aliphatic carbocycles. The maximum absolute atomic E-state index is 11.4. The van der Waals surface area contributed by atoms with Crippen LogP contribution in [0.3, 0.4) is 0 Å². The first-order valence-electron chi connectivity index (χ1n) is 6.12. The molecular weight excluding hydrogens is 268 g/mol. The molecule has 1 atom stereocenters.